The van der Waals surface area contributed by atoms with E-state index in [1.54, 1.807) is 0 Å². The second-order valence-electron chi connectivity index (χ2n) is 11.2. The summed E-state index contributed by atoms with van der Waals surface area (Å²) in [5, 5.41) is 3.73. The van der Waals surface area contributed by atoms with Crippen LogP contribution >= 0.6 is 0 Å². The van der Waals surface area contributed by atoms with Crippen LogP contribution in [0.4, 0.5) is 0 Å². The van der Waals surface area contributed by atoms with Crippen molar-refractivity contribution in [2.24, 2.45) is 0 Å². The summed E-state index contributed by atoms with van der Waals surface area (Å²) in [6.45, 7) is 0. The number of para-hydroxylation sites is 3. The Hall–Kier alpha value is -5.86. The zero-order chi connectivity index (χ0) is 31.6. The van der Waals surface area contributed by atoms with E-state index in [0.717, 1.165) is 60.8 Å². The Kier molecular flexibility index (Phi) is 4.88. The molecular formula is C42H28N2. The molecule has 0 aliphatic carbocycles. The van der Waals surface area contributed by atoms with Gasteiger partial charge >= 0.3 is 0 Å². The summed E-state index contributed by atoms with van der Waals surface area (Å²) in [6, 6.07) is 51.8. The van der Waals surface area contributed by atoms with E-state index in [2.05, 4.69) is 77.4 Å². The summed E-state index contributed by atoms with van der Waals surface area (Å²) < 4.78 is 32.8. The molecular weight excluding hydrogens is 532 g/mol. The Bertz CT molecular complexity index is 2640. The van der Waals surface area contributed by atoms with Gasteiger partial charge in [-0.25, -0.2) is 0 Å². The third-order valence-electron chi connectivity index (χ3n) is 8.62. The Morgan fingerprint density at radius 1 is 0.341 bits per heavy atom. The zero-order valence-electron chi connectivity index (χ0n) is 26.8. The molecule has 0 spiro atoms. The average Bonchev–Trinajstić information content (AvgIpc) is 3.65. The highest BCUT2D eigenvalue weighted by atomic mass is 15.0. The molecule has 9 aromatic rings. The minimum Gasteiger partial charge on any atom is -0.309 e. The smallest absolute Gasteiger partial charge is 0.0645 e. The van der Waals surface area contributed by atoms with Crippen molar-refractivity contribution in [2.45, 2.75) is 0 Å². The molecule has 0 bridgehead atoms. The van der Waals surface area contributed by atoms with Crippen molar-refractivity contribution in [1.29, 1.82) is 0 Å². The molecule has 2 nitrogen and oxygen atoms in total. The van der Waals surface area contributed by atoms with E-state index in [1.807, 2.05) is 83.4 Å². The Morgan fingerprint density at radius 2 is 0.841 bits per heavy atom. The van der Waals surface area contributed by atoms with Crippen molar-refractivity contribution in [1.82, 2.24) is 9.13 Å². The topological polar surface area (TPSA) is 9.86 Å². The molecule has 0 atom stereocenters. The molecule has 44 heavy (non-hydrogen) atoms. The second kappa shape index (κ2) is 9.86. The first kappa shape index (κ1) is 21.8. The maximum Gasteiger partial charge on any atom is 0.0645 e. The van der Waals surface area contributed by atoms with Crippen molar-refractivity contribution in [3.8, 4) is 33.6 Å². The molecule has 2 heteroatoms. The molecule has 0 N–H and O–H groups in total. The molecule has 0 unspecified atom stereocenters. The molecule has 9 rings (SSSR count). The fourth-order valence-electron chi connectivity index (χ4n) is 6.60. The van der Waals surface area contributed by atoms with E-state index in [4.69, 9.17) is 0 Å². The number of fused-ring (bicyclic) bond motifs is 6. The van der Waals surface area contributed by atoms with Gasteiger partial charge in [-0.05, 0) is 88.9 Å². The molecule has 0 saturated heterocycles. The van der Waals surface area contributed by atoms with Gasteiger partial charge in [0.2, 0.25) is 0 Å². The maximum atomic E-state index is 9.74. The Morgan fingerprint density at radius 3 is 1.50 bits per heavy atom. The Balaban J connectivity index is 1.36. The monoisotopic (exact) mass is 563 g/mol. The normalized spacial score (nSPS) is 12.6. The molecule has 0 radical (unpaired) electrons. The van der Waals surface area contributed by atoms with Crippen LogP contribution in [0.5, 0.6) is 0 Å². The van der Waals surface area contributed by atoms with Crippen molar-refractivity contribution in [2.75, 3.05) is 0 Å². The molecule has 0 amide bonds. The standard InChI is InChI=1S/C42H28N2/c1-4-12-29(13-5-1)30-20-23-41-37(26-30)38-28-32(22-25-42(38)44(41)34-16-8-3-9-17-34)31-21-24-40-36(27-31)35-18-10-11-19-39(35)43(40)33-14-6-2-7-15-33/h1-28H/i22D,25D,28D. The van der Waals surface area contributed by atoms with E-state index < -0.39 is 0 Å². The van der Waals surface area contributed by atoms with Crippen LogP contribution in [0.1, 0.15) is 4.11 Å². The first-order valence-electron chi connectivity index (χ1n) is 16.4. The first-order valence-corrected chi connectivity index (χ1v) is 14.9. The van der Waals surface area contributed by atoms with E-state index in [0.29, 0.717) is 16.5 Å². The minimum atomic E-state index is 0.0527. The molecule has 2 aromatic heterocycles. The number of hydrogen-bond acceptors (Lipinski definition) is 0. The van der Waals surface area contributed by atoms with Crippen LogP contribution in [-0.2, 0) is 0 Å². The average molecular weight is 564 g/mol. The third kappa shape index (κ3) is 3.82. The number of benzene rings is 7. The summed E-state index contributed by atoms with van der Waals surface area (Å²) in [7, 11) is 0. The van der Waals surface area contributed by atoms with Crippen molar-refractivity contribution >= 4 is 43.6 Å². The number of rotatable bonds is 4. The van der Waals surface area contributed by atoms with Gasteiger partial charge in [-0.3, -0.25) is 0 Å². The molecule has 206 valence electrons. The highest BCUT2D eigenvalue weighted by molar-refractivity contribution is 6.13. The Labute approximate surface area is 259 Å². The van der Waals surface area contributed by atoms with E-state index in [-0.39, 0.29) is 18.1 Å². The molecule has 2 heterocycles. The van der Waals surface area contributed by atoms with Crippen LogP contribution < -0.4 is 0 Å². The van der Waals surface area contributed by atoms with Gasteiger partial charge in [0.15, 0.2) is 0 Å². The van der Waals surface area contributed by atoms with Gasteiger partial charge in [0.1, 0.15) is 0 Å². The van der Waals surface area contributed by atoms with E-state index >= 15 is 0 Å². The lowest BCUT2D eigenvalue weighted by molar-refractivity contribution is 1.18. The zero-order valence-corrected chi connectivity index (χ0v) is 23.8. The number of nitrogens with zero attached hydrogens (tertiary/aromatic N) is 2. The number of aromatic nitrogens is 2. The van der Waals surface area contributed by atoms with E-state index in [1.165, 1.54) is 0 Å². The van der Waals surface area contributed by atoms with Gasteiger partial charge in [-0.15, -0.1) is 0 Å². The van der Waals surface area contributed by atoms with Crippen LogP contribution in [0.25, 0.3) is 77.2 Å². The fourth-order valence-corrected chi connectivity index (χ4v) is 6.60. The lowest BCUT2D eigenvalue weighted by Crippen LogP contribution is -1.93. The van der Waals surface area contributed by atoms with Crippen LogP contribution in [-0.4, -0.2) is 9.13 Å². The van der Waals surface area contributed by atoms with Gasteiger partial charge in [0, 0.05) is 32.9 Å². The third-order valence-corrected chi connectivity index (χ3v) is 8.62. The first-order chi connectivity index (χ1) is 23.1. The molecule has 7 aromatic carbocycles. The number of hydrogen-bond donors (Lipinski definition) is 0. The summed E-state index contributed by atoms with van der Waals surface area (Å²) in [4.78, 5) is 0. The summed E-state index contributed by atoms with van der Waals surface area (Å²) in [6.07, 6.45) is 0. The highest BCUT2D eigenvalue weighted by Crippen LogP contribution is 2.39. The predicted molar refractivity (Wildman–Crippen MR) is 186 cm³/mol. The van der Waals surface area contributed by atoms with Crippen molar-refractivity contribution in [3.05, 3.63) is 170 Å². The van der Waals surface area contributed by atoms with Crippen molar-refractivity contribution < 1.29 is 4.11 Å². The van der Waals surface area contributed by atoms with E-state index in [9.17, 15) is 4.11 Å². The molecule has 0 saturated carbocycles. The van der Waals surface area contributed by atoms with Gasteiger partial charge < -0.3 is 9.13 Å². The fraction of sp³-hybridized carbons (Fsp3) is 0. The van der Waals surface area contributed by atoms with Gasteiger partial charge in [0.05, 0.1) is 26.2 Å². The summed E-state index contributed by atoms with van der Waals surface area (Å²) in [5.74, 6) is 0. The maximum absolute atomic E-state index is 9.74. The van der Waals surface area contributed by atoms with Gasteiger partial charge in [-0.1, -0.05) is 103 Å². The van der Waals surface area contributed by atoms with Gasteiger partial charge in [-0.2, -0.15) is 0 Å². The van der Waals surface area contributed by atoms with Gasteiger partial charge in [0.25, 0.3) is 0 Å². The second-order valence-corrected chi connectivity index (χ2v) is 11.2. The van der Waals surface area contributed by atoms with Crippen molar-refractivity contribution in [3.63, 3.8) is 0 Å². The SMILES string of the molecule is [2H]c1c(-c2ccc3c(c2)c2ccccc2n3-c2ccccc2)c([2H])c2c3cc(-c4ccccc4)ccc3n(-c3ccccc3)c2c1[2H]. The summed E-state index contributed by atoms with van der Waals surface area (Å²) >= 11 is 0. The van der Waals surface area contributed by atoms with Crippen LogP contribution in [0.2, 0.25) is 0 Å². The quantitative estimate of drug-likeness (QED) is 0.202. The molecule has 0 fully saturated rings. The van der Waals surface area contributed by atoms with Crippen LogP contribution in [0, 0.1) is 0 Å². The lowest BCUT2D eigenvalue weighted by atomic mass is 9.99. The molecule has 0 aliphatic heterocycles. The predicted octanol–water partition coefficient (Wildman–Crippen LogP) is 11.2. The summed E-state index contributed by atoms with van der Waals surface area (Å²) in [5.41, 5.74) is 8.98. The minimum absolute atomic E-state index is 0.0527. The largest absolute Gasteiger partial charge is 0.309 e. The lowest BCUT2D eigenvalue weighted by Gasteiger charge is -2.09. The van der Waals surface area contributed by atoms with Crippen LogP contribution in [0.15, 0.2) is 170 Å². The highest BCUT2D eigenvalue weighted by Gasteiger charge is 2.16. The molecule has 0 aliphatic rings. The van der Waals surface area contributed by atoms with Crippen LogP contribution in [0.3, 0.4) is 0 Å².